The number of hydrogen-bond acceptors (Lipinski definition) is 3. The van der Waals surface area contributed by atoms with E-state index >= 15 is 0 Å². The van der Waals surface area contributed by atoms with E-state index in [1.807, 2.05) is 30.3 Å². The topological polar surface area (TPSA) is 51.2 Å². The maximum absolute atomic E-state index is 12.0. The molecule has 0 bridgehead atoms. The Hall–Kier alpha value is -3.03. The summed E-state index contributed by atoms with van der Waals surface area (Å²) in [5.74, 6) is 6.16. The summed E-state index contributed by atoms with van der Waals surface area (Å²) in [5, 5.41) is 4.13. The first-order valence-corrected chi connectivity index (χ1v) is 8.08. The van der Waals surface area contributed by atoms with Crippen molar-refractivity contribution >= 4 is 28.4 Å². The molecular weight excluding hydrogens is 336 g/mol. The Morgan fingerprint density at radius 1 is 1.08 bits per heavy atom. The first-order chi connectivity index (χ1) is 12.3. The fraction of sp³-hybridized carbons (Fsp3) is 0.100. The molecule has 0 aliphatic rings. The van der Waals surface area contributed by atoms with Crippen LogP contribution in [0.2, 0.25) is 5.02 Å². The van der Waals surface area contributed by atoms with Crippen LogP contribution < -0.4 is 10.1 Å². The van der Waals surface area contributed by atoms with Crippen molar-refractivity contribution in [3.63, 3.8) is 0 Å². The second-order valence-electron chi connectivity index (χ2n) is 5.14. The lowest BCUT2D eigenvalue weighted by Crippen LogP contribution is -2.23. The summed E-state index contributed by atoms with van der Waals surface area (Å²) in [6, 6.07) is 16.5. The van der Waals surface area contributed by atoms with Crippen LogP contribution in [0.25, 0.3) is 10.9 Å². The van der Waals surface area contributed by atoms with Crippen LogP contribution in [0.1, 0.15) is 10.4 Å². The highest BCUT2D eigenvalue weighted by Gasteiger charge is 2.07. The molecule has 0 aliphatic carbocycles. The zero-order chi connectivity index (χ0) is 17.5. The summed E-state index contributed by atoms with van der Waals surface area (Å²) in [6.45, 7) is 0.443. The number of carbonyl (C=O) groups excluding carboxylic acids is 1. The summed E-state index contributed by atoms with van der Waals surface area (Å²) in [4.78, 5) is 16.3. The number of aromatic nitrogens is 1. The smallest absolute Gasteiger partial charge is 0.253 e. The van der Waals surface area contributed by atoms with Crippen LogP contribution in [0.5, 0.6) is 5.75 Å². The second-order valence-corrected chi connectivity index (χ2v) is 5.54. The number of nitrogens with zero attached hydrogens (tertiary/aromatic N) is 1. The fourth-order valence-corrected chi connectivity index (χ4v) is 2.51. The van der Waals surface area contributed by atoms with Gasteiger partial charge in [0.2, 0.25) is 0 Å². The first kappa shape index (κ1) is 16.8. The van der Waals surface area contributed by atoms with Crippen molar-refractivity contribution in [2.24, 2.45) is 0 Å². The van der Waals surface area contributed by atoms with E-state index in [0.29, 0.717) is 16.3 Å². The Balaban J connectivity index is 1.52. The van der Waals surface area contributed by atoms with E-state index in [-0.39, 0.29) is 19.1 Å². The lowest BCUT2D eigenvalue weighted by atomic mass is 10.2. The van der Waals surface area contributed by atoms with E-state index in [1.165, 1.54) is 0 Å². The quantitative estimate of drug-likeness (QED) is 0.730. The van der Waals surface area contributed by atoms with E-state index in [0.717, 1.165) is 10.9 Å². The van der Waals surface area contributed by atoms with E-state index in [1.54, 1.807) is 30.5 Å². The number of amides is 1. The maximum Gasteiger partial charge on any atom is 0.253 e. The van der Waals surface area contributed by atoms with Gasteiger partial charge < -0.3 is 10.1 Å². The van der Waals surface area contributed by atoms with Crippen molar-refractivity contribution in [3.8, 4) is 17.6 Å². The molecule has 2 aromatic carbocycles. The Morgan fingerprint density at radius 3 is 2.80 bits per heavy atom. The number of para-hydroxylation sites is 1. The molecule has 4 nitrogen and oxygen atoms in total. The third kappa shape index (κ3) is 4.28. The number of ether oxygens (including phenoxy) is 1. The standard InChI is InChI=1S/C20H15ClN2O2/c21-17-10-2-1-9-16(17)20(24)23-12-3-4-14-25-18-11-5-7-15-8-6-13-22-19(15)18/h1-2,5-11,13H,12,14H2,(H,23,24). The predicted molar refractivity (Wildman–Crippen MR) is 98.8 cm³/mol. The van der Waals surface area contributed by atoms with Crippen LogP contribution in [-0.2, 0) is 0 Å². The van der Waals surface area contributed by atoms with Gasteiger partial charge in [0.05, 0.1) is 17.1 Å². The molecule has 1 aromatic heterocycles. The molecule has 3 rings (SSSR count). The van der Waals surface area contributed by atoms with Crippen molar-refractivity contribution in [1.82, 2.24) is 10.3 Å². The molecule has 3 aromatic rings. The summed E-state index contributed by atoms with van der Waals surface area (Å²) in [5.41, 5.74) is 1.24. The molecule has 0 atom stereocenters. The van der Waals surface area contributed by atoms with Crippen molar-refractivity contribution < 1.29 is 9.53 Å². The van der Waals surface area contributed by atoms with Crippen molar-refractivity contribution in [3.05, 3.63) is 71.4 Å². The molecular formula is C20H15ClN2O2. The van der Waals surface area contributed by atoms with E-state index in [9.17, 15) is 4.79 Å². The van der Waals surface area contributed by atoms with Crippen molar-refractivity contribution in [2.75, 3.05) is 13.2 Å². The van der Waals surface area contributed by atoms with Crippen LogP contribution >= 0.6 is 11.6 Å². The zero-order valence-electron chi connectivity index (χ0n) is 13.3. The number of rotatable bonds is 4. The molecule has 0 radical (unpaired) electrons. The third-order valence-corrected chi connectivity index (χ3v) is 3.81. The van der Waals surface area contributed by atoms with Gasteiger partial charge in [0, 0.05) is 11.6 Å². The lowest BCUT2D eigenvalue weighted by Gasteiger charge is -2.05. The molecule has 0 aliphatic heterocycles. The molecule has 0 spiro atoms. The molecule has 0 saturated heterocycles. The molecule has 0 fully saturated rings. The average molecular weight is 351 g/mol. The average Bonchev–Trinajstić information content (AvgIpc) is 2.65. The van der Waals surface area contributed by atoms with Gasteiger partial charge in [0.1, 0.15) is 17.9 Å². The summed E-state index contributed by atoms with van der Waals surface area (Å²) in [6.07, 6.45) is 1.73. The van der Waals surface area contributed by atoms with Crippen LogP contribution in [-0.4, -0.2) is 24.0 Å². The molecule has 124 valence electrons. The number of pyridine rings is 1. The molecule has 1 heterocycles. The largest absolute Gasteiger partial charge is 0.479 e. The molecule has 1 amide bonds. The SMILES string of the molecule is O=C(NCC#CCOc1cccc2cccnc12)c1ccccc1Cl. The van der Waals surface area contributed by atoms with Gasteiger partial charge in [-0.3, -0.25) is 9.78 Å². The number of benzene rings is 2. The minimum atomic E-state index is -0.251. The van der Waals surface area contributed by atoms with Crippen molar-refractivity contribution in [2.45, 2.75) is 0 Å². The first-order valence-electron chi connectivity index (χ1n) is 7.71. The lowest BCUT2D eigenvalue weighted by molar-refractivity contribution is 0.0959. The Bertz CT molecular complexity index is 955. The Kier molecular flexibility index (Phi) is 5.50. The monoisotopic (exact) mass is 350 g/mol. The van der Waals surface area contributed by atoms with Crippen LogP contribution in [0, 0.1) is 11.8 Å². The number of fused-ring (bicyclic) bond motifs is 1. The van der Waals surface area contributed by atoms with Crippen LogP contribution in [0.4, 0.5) is 0 Å². The third-order valence-electron chi connectivity index (χ3n) is 3.48. The number of halogens is 1. The fourth-order valence-electron chi connectivity index (χ4n) is 2.29. The van der Waals surface area contributed by atoms with Gasteiger partial charge in [-0.15, -0.1) is 0 Å². The van der Waals surface area contributed by atoms with Crippen LogP contribution in [0.15, 0.2) is 60.8 Å². The maximum atomic E-state index is 12.0. The van der Waals surface area contributed by atoms with Gasteiger partial charge >= 0.3 is 0 Å². The van der Waals surface area contributed by atoms with Gasteiger partial charge in [-0.1, -0.05) is 53.8 Å². The summed E-state index contributed by atoms with van der Waals surface area (Å²) >= 11 is 5.97. The summed E-state index contributed by atoms with van der Waals surface area (Å²) < 4.78 is 5.66. The number of hydrogen-bond donors (Lipinski definition) is 1. The molecule has 0 saturated carbocycles. The van der Waals surface area contributed by atoms with Crippen molar-refractivity contribution in [1.29, 1.82) is 0 Å². The molecule has 1 N–H and O–H groups in total. The van der Waals surface area contributed by atoms with Gasteiger partial charge in [-0.2, -0.15) is 0 Å². The highest BCUT2D eigenvalue weighted by Crippen LogP contribution is 2.22. The van der Waals surface area contributed by atoms with Gasteiger partial charge in [0.25, 0.3) is 5.91 Å². The minimum Gasteiger partial charge on any atom is -0.479 e. The highest BCUT2D eigenvalue weighted by atomic mass is 35.5. The zero-order valence-corrected chi connectivity index (χ0v) is 14.1. The highest BCUT2D eigenvalue weighted by molar-refractivity contribution is 6.33. The molecule has 25 heavy (non-hydrogen) atoms. The number of carbonyl (C=O) groups is 1. The second kappa shape index (κ2) is 8.18. The van der Waals surface area contributed by atoms with E-state index in [4.69, 9.17) is 16.3 Å². The molecule has 0 unspecified atom stereocenters. The normalized spacial score (nSPS) is 9.96. The minimum absolute atomic E-state index is 0.220. The Labute approximate surface area is 150 Å². The number of nitrogens with one attached hydrogen (secondary N) is 1. The predicted octanol–water partition coefficient (Wildman–Crippen LogP) is 3.70. The van der Waals surface area contributed by atoms with Gasteiger partial charge in [-0.05, 0) is 24.3 Å². The van der Waals surface area contributed by atoms with Gasteiger partial charge in [0.15, 0.2) is 0 Å². The molecule has 5 heteroatoms. The van der Waals surface area contributed by atoms with Crippen LogP contribution in [0.3, 0.4) is 0 Å². The van der Waals surface area contributed by atoms with E-state index in [2.05, 4.69) is 22.1 Å². The Morgan fingerprint density at radius 2 is 1.92 bits per heavy atom. The summed E-state index contributed by atoms with van der Waals surface area (Å²) in [7, 11) is 0. The van der Waals surface area contributed by atoms with E-state index < -0.39 is 0 Å². The van der Waals surface area contributed by atoms with Gasteiger partial charge in [-0.25, -0.2) is 0 Å².